The van der Waals surface area contributed by atoms with E-state index in [1.165, 1.54) is 16.7 Å². The van der Waals surface area contributed by atoms with E-state index in [-0.39, 0.29) is 0 Å². The van der Waals surface area contributed by atoms with Crippen LogP contribution in [0.2, 0.25) is 0 Å². The number of methoxy groups -OCH3 is 1. The molecule has 1 fully saturated rings. The molecule has 1 aromatic carbocycles. The zero-order valence-electron chi connectivity index (χ0n) is 13.3. The maximum absolute atomic E-state index is 5.47. The lowest BCUT2D eigenvalue weighted by molar-refractivity contribution is 0.106. The Kier molecular flexibility index (Phi) is 5.58. The molecule has 0 saturated carbocycles. The average molecular weight is 276 g/mol. The second kappa shape index (κ2) is 7.21. The molecule has 2 rings (SSSR count). The molecule has 2 atom stereocenters. The molecule has 1 aromatic rings. The van der Waals surface area contributed by atoms with E-state index in [4.69, 9.17) is 4.74 Å². The zero-order chi connectivity index (χ0) is 14.5. The molecule has 0 aromatic heterocycles. The van der Waals surface area contributed by atoms with Crippen molar-refractivity contribution < 1.29 is 4.74 Å². The second-order valence-electron chi connectivity index (χ2n) is 5.88. The third-order valence-corrected chi connectivity index (χ3v) is 4.25. The SMILES string of the molecule is CCNC(CN1CCC(OC)C1)c1ccc(C)cc1C. The number of hydrogen-bond acceptors (Lipinski definition) is 3. The Morgan fingerprint density at radius 3 is 2.80 bits per heavy atom. The van der Waals surface area contributed by atoms with Crippen molar-refractivity contribution in [3.05, 3.63) is 34.9 Å². The fourth-order valence-corrected chi connectivity index (χ4v) is 3.15. The van der Waals surface area contributed by atoms with Gasteiger partial charge in [-0.3, -0.25) is 4.90 Å². The zero-order valence-corrected chi connectivity index (χ0v) is 13.3. The molecule has 2 unspecified atom stereocenters. The summed E-state index contributed by atoms with van der Waals surface area (Å²) < 4.78 is 5.47. The fourth-order valence-electron chi connectivity index (χ4n) is 3.15. The molecule has 1 heterocycles. The predicted molar refractivity (Wildman–Crippen MR) is 84.2 cm³/mol. The smallest absolute Gasteiger partial charge is 0.0710 e. The lowest BCUT2D eigenvalue weighted by Gasteiger charge is -2.26. The quantitative estimate of drug-likeness (QED) is 0.864. The van der Waals surface area contributed by atoms with Gasteiger partial charge in [0.25, 0.3) is 0 Å². The summed E-state index contributed by atoms with van der Waals surface area (Å²) in [6.07, 6.45) is 1.57. The summed E-state index contributed by atoms with van der Waals surface area (Å²) in [6.45, 7) is 10.8. The van der Waals surface area contributed by atoms with Crippen molar-refractivity contribution in [1.82, 2.24) is 10.2 Å². The van der Waals surface area contributed by atoms with Gasteiger partial charge < -0.3 is 10.1 Å². The largest absolute Gasteiger partial charge is 0.380 e. The summed E-state index contributed by atoms with van der Waals surface area (Å²) in [4.78, 5) is 2.51. The summed E-state index contributed by atoms with van der Waals surface area (Å²) in [6, 6.07) is 7.19. The summed E-state index contributed by atoms with van der Waals surface area (Å²) in [5.41, 5.74) is 4.15. The second-order valence-corrected chi connectivity index (χ2v) is 5.88. The van der Waals surface area contributed by atoms with Crippen molar-refractivity contribution in [1.29, 1.82) is 0 Å². The van der Waals surface area contributed by atoms with Crippen molar-refractivity contribution in [2.24, 2.45) is 0 Å². The third kappa shape index (κ3) is 3.81. The molecule has 112 valence electrons. The molecule has 3 nitrogen and oxygen atoms in total. The maximum atomic E-state index is 5.47. The number of likely N-dealkylation sites (tertiary alicyclic amines) is 1. The van der Waals surface area contributed by atoms with Crippen molar-refractivity contribution in [2.45, 2.75) is 39.3 Å². The molecule has 0 bridgehead atoms. The van der Waals surface area contributed by atoms with E-state index in [1.54, 1.807) is 0 Å². The van der Waals surface area contributed by atoms with Crippen LogP contribution in [0.4, 0.5) is 0 Å². The van der Waals surface area contributed by atoms with E-state index in [0.717, 1.165) is 32.6 Å². The molecule has 0 aliphatic carbocycles. The van der Waals surface area contributed by atoms with E-state index in [1.807, 2.05) is 7.11 Å². The molecule has 20 heavy (non-hydrogen) atoms. The highest BCUT2D eigenvalue weighted by Gasteiger charge is 2.25. The summed E-state index contributed by atoms with van der Waals surface area (Å²) in [7, 11) is 1.82. The van der Waals surface area contributed by atoms with Gasteiger partial charge in [-0.05, 0) is 37.9 Å². The van der Waals surface area contributed by atoms with Gasteiger partial charge in [0.2, 0.25) is 0 Å². The van der Waals surface area contributed by atoms with Crippen molar-refractivity contribution in [2.75, 3.05) is 33.3 Å². The number of benzene rings is 1. The topological polar surface area (TPSA) is 24.5 Å². The first-order valence-corrected chi connectivity index (χ1v) is 7.69. The van der Waals surface area contributed by atoms with E-state index < -0.39 is 0 Å². The first-order valence-electron chi connectivity index (χ1n) is 7.69. The Balaban J connectivity index is 2.07. The lowest BCUT2D eigenvalue weighted by atomic mass is 9.98. The van der Waals surface area contributed by atoms with E-state index in [0.29, 0.717) is 12.1 Å². The molecule has 1 saturated heterocycles. The number of likely N-dealkylation sites (N-methyl/N-ethyl adjacent to an activating group) is 1. The number of nitrogens with zero attached hydrogens (tertiary/aromatic N) is 1. The van der Waals surface area contributed by atoms with Gasteiger partial charge in [-0.1, -0.05) is 30.7 Å². The summed E-state index contributed by atoms with van der Waals surface area (Å²) >= 11 is 0. The van der Waals surface area contributed by atoms with Crippen LogP contribution in [-0.2, 0) is 4.74 Å². The van der Waals surface area contributed by atoms with Gasteiger partial charge in [-0.2, -0.15) is 0 Å². The van der Waals surface area contributed by atoms with Crippen LogP contribution in [0.5, 0.6) is 0 Å². The van der Waals surface area contributed by atoms with Gasteiger partial charge in [0.05, 0.1) is 6.10 Å². The van der Waals surface area contributed by atoms with Gasteiger partial charge in [-0.25, -0.2) is 0 Å². The Bertz CT molecular complexity index is 433. The summed E-state index contributed by atoms with van der Waals surface area (Å²) in [5.74, 6) is 0. The van der Waals surface area contributed by atoms with E-state index in [2.05, 4.69) is 49.2 Å². The average Bonchev–Trinajstić information content (AvgIpc) is 2.86. The first kappa shape index (κ1) is 15.5. The molecule has 1 N–H and O–H groups in total. The number of rotatable bonds is 6. The standard InChI is InChI=1S/C17H28N2O/c1-5-18-17(12-19-9-8-15(11-19)20-4)16-7-6-13(2)10-14(16)3/h6-7,10,15,17-18H,5,8-9,11-12H2,1-4H3. The minimum absolute atomic E-state index is 0.413. The van der Waals surface area contributed by atoms with Crippen LogP contribution in [0, 0.1) is 13.8 Å². The van der Waals surface area contributed by atoms with Crippen LogP contribution >= 0.6 is 0 Å². The monoisotopic (exact) mass is 276 g/mol. The highest BCUT2D eigenvalue weighted by Crippen LogP contribution is 2.22. The minimum Gasteiger partial charge on any atom is -0.380 e. The van der Waals surface area contributed by atoms with Crippen LogP contribution in [0.25, 0.3) is 0 Å². The van der Waals surface area contributed by atoms with Crippen LogP contribution < -0.4 is 5.32 Å². The third-order valence-electron chi connectivity index (χ3n) is 4.25. The maximum Gasteiger partial charge on any atom is 0.0710 e. The van der Waals surface area contributed by atoms with E-state index >= 15 is 0 Å². The fraction of sp³-hybridized carbons (Fsp3) is 0.647. The normalized spacial score (nSPS) is 21.3. The van der Waals surface area contributed by atoms with Crippen molar-refractivity contribution in [3.63, 3.8) is 0 Å². The van der Waals surface area contributed by atoms with Gasteiger partial charge >= 0.3 is 0 Å². The van der Waals surface area contributed by atoms with Crippen LogP contribution in [-0.4, -0.2) is 44.3 Å². The molecule has 1 aliphatic rings. The Hall–Kier alpha value is -0.900. The molecule has 0 spiro atoms. The Morgan fingerprint density at radius 1 is 1.40 bits per heavy atom. The number of aryl methyl sites for hydroxylation is 2. The number of hydrogen-bond donors (Lipinski definition) is 1. The number of nitrogens with one attached hydrogen (secondary N) is 1. The van der Waals surface area contributed by atoms with Gasteiger partial charge in [0.15, 0.2) is 0 Å². The molecule has 0 radical (unpaired) electrons. The lowest BCUT2D eigenvalue weighted by Crippen LogP contribution is -2.35. The van der Waals surface area contributed by atoms with Crippen molar-refractivity contribution >= 4 is 0 Å². The van der Waals surface area contributed by atoms with Gasteiger partial charge in [0.1, 0.15) is 0 Å². The molecule has 0 amide bonds. The molecule has 1 aliphatic heterocycles. The predicted octanol–water partition coefficient (Wildman–Crippen LogP) is 2.67. The number of ether oxygens (including phenoxy) is 1. The van der Waals surface area contributed by atoms with Crippen molar-refractivity contribution in [3.8, 4) is 0 Å². The summed E-state index contributed by atoms with van der Waals surface area (Å²) in [5, 5.41) is 3.64. The Morgan fingerprint density at radius 2 is 2.20 bits per heavy atom. The van der Waals surface area contributed by atoms with Gasteiger partial charge in [0, 0.05) is 32.8 Å². The molecule has 3 heteroatoms. The first-order chi connectivity index (χ1) is 9.63. The van der Waals surface area contributed by atoms with Crippen LogP contribution in [0.1, 0.15) is 36.1 Å². The highest BCUT2D eigenvalue weighted by molar-refractivity contribution is 5.33. The highest BCUT2D eigenvalue weighted by atomic mass is 16.5. The van der Waals surface area contributed by atoms with E-state index in [9.17, 15) is 0 Å². The Labute approximate surface area is 123 Å². The van der Waals surface area contributed by atoms with Crippen LogP contribution in [0.3, 0.4) is 0 Å². The van der Waals surface area contributed by atoms with Gasteiger partial charge in [-0.15, -0.1) is 0 Å². The molecular formula is C17H28N2O. The van der Waals surface area contributed by atoms with Crippen LogP contribution in [0.15, 0.2) is 18.2 Å². The molecular weight excluding hydrogens is 248 g/mol. The minimum atomic E-state index is 0.413.